The van der Waals surface area contributed by atoms with E-state index < -0.39 is 32.4 Å². The van der Waals surface area contributed by atoms with Crippen LogP contribution in [0.5, 0.6) is 5.75 Å². The van der Waals surface area contributed by atoms with Crippen molar-refractivity contribution in [3.05, 3.63) is 60.0 Å². The highest BCUT2D eigenvalue weighted by atomic mass is 31.2. The molecule has 2 heterocycles. The van der Waals surface area contributed by atoms with Crippen LogP contribution in [0.2, 0.25) is 0 Å². The number of aryl methyl sites for hydroxylation is 1. The molecule has 0 spiro atoms. The normalized spacial score (nSPS) is 12.1. The third-order valence-electron chi connectivity index (χ3n) is 5.29. The number of amides is 1. The number of aromatic nitrogens is 4. The average Bonchev–Trinajstić information content (AvgIpc) is 3.22. The summed E-state index contributed by atoms with van der Waals surface area (Å²) >= 11 is 0. The van der Waals surface area contributed by atoms with Crippen molar-refractivity contribution >= 4 is 43.6 Å². The minimum absolute atomic E-state index is 0.0110. The fraction of sp³-hybridized carbons (Fsp3) is 0.143. The molecule has 38 heavy (non-hydrogen) atoms. The molecule has 1 amide bonds. The van der Waals surface area contributed by atoms with E-state index in [1.165, 1.54) is 55.4 Å². The van der Waals surface area contributed by atoms with Crippen LogP contribution in [0.3, 0.4) is 0 Å². The van der Waals surface area contributed by atoms with Crippen LogP contribution in [0.1, 0.15) is 10.4 Å². The molecule has 14 nitrogen and oxygen atoms in total. The Morgan fingerprint density at radius 2 is 1.79 bits per heavy atom. The van der Waals surface area contributed by atoms with Crippen molar-refractivity contribution in [1.29, 1.82) is 0 Å². The second-order valence-corrected chi connectivity index (χ2v) is 11.8. The fourth-order valence-electron chi connectivity index (χ4n) is 3.49. The van der Waals surface area contributed by atoms with Crippen molar-refractivity contribution < 1.29 is 42.6 Å². The molecule has 0 aliphatic carbocycles. The number of ether oxygens (including phenoxy) is 1. The third kappa shape index (κ3) is 5.73. The summed E-state index contributed by atoms with van der Waals surface area (Å²) in [6.45, 7) is 0. The van der Waals surface area contributed by atoms with Crippen LogP contribution in [0.4, 0.5) is 15.9 Å². The Morgan fingerprint density at radius 1 is 1.08 bits per heavy atom. The maximum Gasteiger partial charge on any atom is 0.360 e. The number of benzene rings is 2. The highest BCUT2D eigenvalue weighted by Crippen LogP contribution is 2.59. The Balaban J connectivity index is 1.72. The van der Waals surface area contributed by atoms with Gasteiger partial charge in [0.15, 0.2) is 23.0 Å². The topological polar surface area (TPSA) is 209 Å². The zero-order valence-corrected chi connectivity index (χ0v) is 21.5. The van der Waals surface area contributed by atoms with Crippen LogP contribution in [0.15, 0.2) is 48.7 Å². The molecule has 6 N–H and O–H groups in total. The largest absolute Gasteiger partial charge is 0.494 e. The molecule has 4 rings (SSSR count). The number of fused-ring (bicyclic) bond motifs is 1. The highest BCUT2D eigenvalue weighted by molar-refractivity contribution is 7.71. The quantitative estimate of drug-likeness (QED) is 0.170. The Kier molecular flexibility index (Phi) is 7.35. The molecule has 2 aromatic heterocycles. The zero-order valence-electron chi connectivity index (χ0n) is 19.7. The van der Waals surface area contributed by atoms with Crippen molar-refractivity contribution in [2.45, 2.75) is 5.52 Å². The van der Waals surface area contributed by atoms with Crippen LogP contribution in [0.25, 0.3) is 22.4 Å². The summed E-state index contributed by atoms with van der Waals surface area (Å²) in [7, 11) is -7.82. The van der Waals surface area contributed by atoms with Gasteiger partial charge in [-0.1, -0.05) is 12.1 Å². The van der Waals surface area contributed by atoms with Crippen molar-refractivity contribution in [1.82, 2.24) is 19.7 Å². The molecule has 4 aromatic rings. The van der Waals surface area contributed by atoms with Crippen LogP contribution < -0.4 is 15.4 Å². The van der Waals surface area contributed by atoms with E-state index in [0.717, 1.165) is 6.07 Å². The van der Waals surface area contributed by atoms with Gasteiger partial charge in [-0.15, -0.1) is 0 Å². The first-order chi connectivity index (χ1) is 17.8. The predicted molar refractivity (Wildman–Crippen MR) is 134 cm³/mol. The standard InChI is InChI=1S/C21H21FN6O8P2/c1-28-19-14(10-23-28)18(27-21(37(30,31)32)38(33,34)35)25-17(26-19)11-4-3-5-12(8-11)20(29)24-13-6-7-16(36-2)15(22)9-13/h3-10,21H,1-2H3,(H,24,29)(H,25,26,27)(H2,30,31,32)(H2,33,34,35). The molecular formula is C21H21FN6O8P2. The molecule has 0 saturated heterocycles. The molecule has 0 aliphatic rings. The van der Waals surface area contributed by atoms with Crippen LogP contribution in [-0.2, 0) is 16.2 Å². The third-order valence-corrected chi connectivity index (χ3v) is 8.63. The van der Waals surface area contributed by atoms with Gasteiger partial charge in [-0.3, -0.25) is 18.6 Å². The Labute approximate surface area is 213 Å². The highest BCUT2D eigenvalue weighted by Gasteiger charge is 2.44. The monoisotopic (exact) mass is 566 g/mol. The Morgan fingerprint density at radius 3 is 2.42 bits per heavy atom. The zero-order chi connectivity index (χ0) is 27.8. The molecule has 0 radical (unpaired) electrons. The number of nitrogens with zero attached hydrogens (tertiary/aromatic N) is 4. The smallest absolute Gasteiger partial charge is 0.360 e. The second-order valence-electron chi connectivity index (χ2n) is 7.98. The van der Waals surface area contributed by atoms with Gasteiger partial charge in [-0.2, -0.15) is 5.10 Å². The number of nitrogens with one attached hydrogen (secondary N) is 2. The number of hydrogen-bond acceptors (Lipinski definition) is 8. The summed E-state index contributed by atoms with van der Waals surface area (Å²) in [6.07, 6.45) is 1.26. The number of rotatable bonds is 8. The number of anilines is 2. The van der Waals surface area contributed by atoms with Gasteiger partial charge in [0.2, 0.25) is 5.52 Å². The summed E-state index contributed by atoms with van der Waals surface area (Å²) < 4.78 is 43.8. The van der Waals surface area contributed by atoms with E-state index in [-0.39, 0.29) is 45.2 Å². The van der Waals surface area contributed by atoms with Crippen molar-refractivity contribution in [3.8, 4) is 17.1 Å². The molecular weight excluding hydrogens is 545 g/mol. The summed E-state index contributed by atoms with van der Waals surface area (Å²) in [5, 5.41) is 8.87. The first-order valence-corrected chi connectivity index (χ1v) is 14.0. The summed E-state index contributed by atoms with van der Waals surface area (Å²) in [6, 6.07) is 9.88. The summed E-state index contributed by atoms with van der Waals surface area (Å²) in [5.41, 5.74) is -1.78. The van der Waals surface area contributed by atoms with Gasteiger partial charge in [0.25, 0.3) is 5.91 Å². The Hall–Kier alpha value is -3.71. The van der Waals surface area contributed by atoms with Gasteiger partial charge in [0, 0.05) is 29.9 Å². The van der Waals surface area contributed by atoms with E-state index in [2.05, 4.69) is 25.7 Å². The van der Waals surface area contributed by atoms with Gasteiger partial charge in [-0.25, -0.2) is 14.4 Å². The minimum atomic E-state index is -5.33. The van der Waals surface area contributed by atoms with Gasteiger partial charge < -0.3 is 34.9 Å². The maximum absolute atomic E-state index is 14.0. The van der Waals surface area contributed by atoms with Crippen molar-refractivity contribution in [2.24, 2.45) is 7.05 Å². The molecule has 0 fully saturated rings. The van der Waals surface area contributed by atoms with Crippen LogP contribution in [0, 0.1) is 5.82 Å². The molecule has 0 atom stereocenters. The first-order valence-electron chi connectivity index (χ1n) is 10.6. The molecule has 200 valence electrons. The number of halogens is 1. The van der Waals surface area contributed by atoms with E-state index in [0.29, 0.717) is 0 Å². The fourth-order valence-corrected chi connectivity index (χ4v) is 5.64. The molecule has 2 aromatic carbocycles. The van der Waals surface area contributed by atoms with Crippen LogP contribution in [-0.4, -0.2) is 57.9 Å². The van der Waals surface area contributed by atoms with Gasteiger partial charge in [0.1, 0.15) is 5.82 Å². The lowest BCUT2D eigenvalue weighted by atomic mass is 10.1. The number of hydrogen-bond donors (Lipinski definition) is 6. The molecule has 0 saturated carbocycles. The van der Waals surface area contributed by atoms with Crippen molar-refractivity contribution in [2.75, 3.05) is 17.7 Å². The second kappa shape index (κ2) is 10.2. The molecule has 17 heteroatoms. The first kappa shape index (κ1) is 27.3. The lowest BCUT2D eigenvalue weighted by molar-refractivity contribution is 0.102. The van der Waals surface area contributed by atoms with E-state index in [9.17, 15) is 37.9 Å². The van der Waals surface area contributed by atoms with Gasteiger partial charge >= 0.3 is 15.2 Å². The van der Waals surface area contributed by atoms with Crippen LogP contribution >= 0.6 is 15.2 Å². The summed E-state index contributed by atoms with van der Waals surface area (Å²) in [5.74, 6) is -1.57. The SMILES string of the molecule is COc1ccc(NC(=O)c2cccc(-c3nc(NC(P(=O)(O)O)P(=O)(O)O)c4cnn(C)c4n3)c2)cc1F. The van der Waals surface area contributed by atoms with E-state index in [1.807, 2.05) is 0 Å². The molecule has 0 unspecified atom stereocenters. The van der Waals surface area contributed by atoms with Gasteiger partial charge in [-0.05, 0) is 24.3 Å². The van der Waals surface area contributed by atoms with Crippen molar-refractivity contribution in [3.63, 3.8) is 0 Å². The lowest BCUT2D eigenvalue weighted by Crippen LogP contribution is -2.21. The van der Waals surface area contributed by atoms with E-state index in [1.54, 1.807) is 6.07 Å². The predicted octanol–water partition coefficient (Wildman–Crippen LogP) is 2.48. The number of carbonyl (C=O) groups excluding carboxylic acids is 1. The van der Waals surface area contributed by atoms with Gasteiger partial charge in [0.05, 0.1) is 18.7 Å². The molecule has 0 bridgehead atoms. The summed E-state index contributed by atoms with van der Waals surface area (Å²) in [4.78, 5) is 59.5. The lowest BCUT2D eigenvalue weighted by Gasteiger charge is -2.21. The average molecular weight is 566 g/mol. The maximum atomic E-state index is 14.0. The van der Waals surface area contributed by atoms with E-state index in [4.69, 9.17) is 4.74 Å². The Bertz CT molecular complexity index is 1610. The number of methoxy groups -OCH3 is 1. The minimum Gasteiger partial charge on any atom is -0.494 e. The number of carbonyl (C=O) groups is 1. The molecule has 0 aliphatic heterocycles. The van der Waals surface area contributed by atoms with E-state index >= 15 is 0 Å².